The van der Waals surface area contributed by atoms with Crippen LogP contribution < -0.4 is 11.1 Å². The number of aromatic nitrogens is 1. The number of anilines is 1. The summed E-state index contributed by atoms with van der Waals surface area (Å²) in [7, 11) is 0. The van der Waals surface area contributed by atoms with Crippen LogP contribution in [-0.2, 0) is 6.54 Å². The fourth-order valence-electron chi connectivity index (χ4n) is 3.02. The van der Waals surface area contributed by atoms with Gasteiger partial charge in [-0.05, 0) is 44.6 Å². The summed E-state index contributed by atoms with van der Waals surface area (Å²) in [4.78, 5) is 4.49. The Morgan fingerprint density at radius 2 is 2.17 bits per heavy atom. The Morgan fingerprint density at radius 3 is 2.72 bits per heavy atom. The topological polar surface area (TPSA) is 50.9 Å². The highest BCUT2D eigenvalue weighted by Gasteiger charge is 2.31. The molecule has 0 radical (unpaired) electrons. The third-order valence-electron chi connectivity index (χ3n) is 3.99. The molecular weight excluding hydrogens is 222 g/mol. The average molecular weight is 247 g/mol. The van der Waals surface area contributed by atoms with Gasteiger partial charge in [0.1, 0.15) is 0 Å². The monoisotopic (exact) mass is 247 g/mol. The third-order valence-corrected chi connectivity index (χ3v) is 3.99. The van der Waals surface area contributed by atoms with Crippen molar-refractivity contribution in [1.82, 2.24) is 4.98 Å². The van der Waals surface area contributed by atoms with Crippen molar-refractivity contribution in [3.8, 4) is 0 Å². The Hall–Kier alpha value is -1.09. The average Bonchev–Trinajstić information content (AvgIpc) is 2.57. The number of aryl methyl sites for hydroxylation is 2. The van der Waals surface area contributed by atoms with Gasteiger partial charge in [-0.3, -0.25) is 4.98 Å². The van der Waals surface area contributed by atoms with Crippen molar-refractivity contribution in [3.05, 3.63) is 23.0 Å². The second-order valence-corrected chi connectivity index (χ2v) is 6.33. The van der Waals surface area contributed by atoms with E-state index in [1.54, 1.807) is 0 Å². The second-order valence-electron chi connectivity index (χ2n) is 6.33. The van der Waals surface area contributed by atoms with E-state index in [0.29, 0.717) is 18.0 Å². The van der Waals surface area contributed by atoms with Crippen LogP contribution in [0.5, 0.6) is 0 Å². The molecule has 0 aliphatic heterocycles. The van der Waals surface area contributed by atoms with Crippen LogP contribution in [0.2, 0.25) is 0 Å². The van der Waals surface area contributed by atoms with Gasteiger partial charge < -0.3 is 11.1 Å². The van der Waals surface area contributed by atoms with Crippen molar-refractivity contribution in [3.63, 3.8) is 0 Å². The van der Waals surface area contributed by atoms with Crippen LogP contribution >= 0.6 is 0 Å². The lowest BCUT2D eigenvalue weighted by atomic mass is 9.92. The van der Waals surface area contributed by atoms with Crippen molar-refractivity contribution < 1.29 is 0 Å². The molecule has 18 heavy (non-hydrogen) atoms. The second kappa shape index (κ2) is 4.88. The van der Waals surface area contributed by atoms with Gasteiger partial charge >= 0.3 is 0 Å². The first kappa shape index (κ1) is 13.3. The molecule has 3 N–H and O–H groups in total. The summed E-state index contributed by atoms with van der Waals surface area (Å²) in [6, 6.07) is 2.70. The van der Waals surface area contributed by atoms with Crippen molar-refractivity contribution in [2.75, 3.05) is 5.32 Å². The van der Waals surface area contributed by atoms with Gasteiger partial charge in [-0.15, -0.1) is 0 Å². The molecule has 0 amide bonds. The van der Waals surface area contributed by atoms with Gasteiger partial charge in [0.05, 0.1) is 0 Å². The Labute approximate surface area is 110 Å². The van der Waals surface area contributed by atoms with Gasteiger partial charge in [-0.2, -0.15) is 0 Å². The summed E-state index contributed by atoms with van der Waals surface area (Å²) in [5.74, 6) is 0. The summed E-state index contributed by atoms with van der Waals surface area (Å²) in [5.41, 5.74) is 10.8. The van der Waals surface area contributed by atoms with E-state index >= 15 is 0 Å². The highest BCUT2D eigenvalue weighted by Crippen LogP contribution is 2.38. The highest BCUT2D eigenvalue weighted by atomic mass is 14.9. The largest absolute Gasteiger partial charge is 0.382 e. The summed E-state index contributed by atoms with van der Waals surface area (Å²) in [6.45, 7) is 9.33. The first-order valence-corrected chi connectivity index (χ1v) is 6.85. The third kappa shape index (κ3) is 2.83. The molecule has 0 bridgehead atoms. The minimum absolute atomic E-state index is 0.470. The standard InChI is InChI=1S/C15H25N3/c1-10-7-14(13(9-16)11(2)17-10)18-12-5-6-15(3,4)8-12/h7,12H,5-6,8-9,16H2,1-4H3,(H,17,18). The van der Waals surface area contributed by atoms with Gasteiger partial charge in [0.2, 0.25) is 0 Å². The number of nitrogens with zero attached hydrogens (tertiary/aromatic N) is 1. The zero-order chi connectivity index (χ0) is 13.3. The van der Waals surface area contributed by atoms with Crippen molar-refractivity contribution in [2.24, 2.45) is 11.1 Å². The van der Waals surface area contributed by atoms with E-state index in [4.69, 9.17) is 5.73 Å². The van der Waals surface area contributed by atoms with Crippen LogP contribution in [0, 0.1) is 19.3 Å². The molecule has 2 rings (SSSR count). The van der Waals surface area contributed by atoms with Crippen LogP contribution in [0.25, 0.3) is 0 Å². The summed E-state index contributed by atoms with van der Waals surface area (Å²) >= 11 is 0. The maximum absolute atomic E-state index is 5.85. The SMILES string of the molecule is Cc1cc(NC2CCC(C)(C)C2)c(CN)c(C)n1. The van der Waals surface area contributed by atoms with Crippen molar-refractivity contribution in [1.29, 1.82) is 0 Å². The molecule has 1 aromatic rings. The van der Waals surface area contributed by atoms with Crippen LogP contribution in [0.15, 0.2) is 6.07 Å². The fraction of sp³-hybridized carbons (Fsp3) is 0.667. The first-order chi connectivity index (χ1) is 8.41. The van der Waals surface area contributed by atoms with Gasteiger partial charge in [0.25, 0.3) is 0 Å². The number of nitrogens with two attached hydrogens (primary N) is 1. The minimum Gasteiger partial charge on any atom is -0.382 e. The van der Waals surface area contributed by atoms with E-state index in [-0.39, 0.29) is 0 Å². The van der Waals surface area contributed by atoms with Crippen molar-refractivity contribution >= 4 is 5.69 Å². The number of rotatable bonds is 3. The molecular formula is C15H25N3. The summed E-state index contributed by atoms with van der Waals surface area (Å²) < 4.78 is 0. The highest BCUT2D eigenvalue weighted by molar-refractivity contribution is 5.54. The van der Waals surface area contributed by atoms with Gasteiger partial charge in [0.15, 0.2) is 0 Å². The summed E-state index contributed by atoms with van der Waals surface area (Å²) in [5, 5.41) is 3.68. The minimum atomic E-state index is 0.470. The Balaban J connectivity index is 2.19. The Morgan fingerprint density at radius 1 is 1.44 bits per heavy atom. The van der Waals surface area contributed by atoms with Gasteiger partial charge in [-0.25, -0.2) is 0 Å². The van der Waals surface area contributed by atoms with E-state index < -0.39 is 0 Å². The molecule has 1 saturated carbocycles. The molecule has 1 fully saturated rings. The molecule has 1 unspecified atom stereocenters. The normalized spacial score (nSPS) is 22.2. The first-order valence-electron chi connectivity index (χ1n) is 6.85. The molecule has 0 saturated heterocycles. The van der Waals surface area contributed by atoms with E-state index in [9.17, 15) is 0 Å². The van der Waals surface area contributed by atoms with Gasteiger partial charge in [0, 0.05) is 35.2 Å². The smallest absolute Gasteiger partial charge is 0.0441 e. The van der Waals surface area contributed by atoms with Crippen LogP contribution in [0.3, 0.4) is 0 Å². The molecule has 1 aromatic heterocycles. The molecule has 100 valence electrons. The maximum atomic E-state index is 5.85. The molecule has 1 aliphatic rings. The lowest BCUT2D eigenvalue weighted by molar-refractivity contribution is 0.378. The quantitative estimate of drug-likeness (QED) is 0.862. The predicted molar refractivity (Wildman–Crippen MR) is 76.6 cm³/mol. The number of pyridine rings is 1. The van der Waals surface area contributed by atoms with Crippen LogP contribution in [0.1, 0.15) is 50.1 Å². The Kier molecular flexibility index (Phi) is 3.62. The molecule has 0 aromatic carbocycles. The number of hydrogen-bond donors (Lipinski definition) is 2. The molecule has 1 heterocycles. The Bertz CT molecular complexity index is 438. The zero-order valence-electron chi connectivity index (χ0n) is 12.0. The zero-order valence-corrected chi connectivity index (χ0v) is 12.0. The lowest BCUT2D eigenvalue weighted by Crippen LogP contribution is -2.20. The van der Waals surface area contributed by atoms with Gasteiger partial charge in [-0.1, -0.05) is 13.8 Å². The van der Waals surface area contributed by atoms with E-state index in [1.807, 2.05) is 13.8 Å². The predicted octanol–water partition coefficient (Wildman–Crippen LogP) is 3.15. The summed E-state index contributed by atoms with van der Waals surface area (Å²) in [6.07, 6.45) is 3.78. The van der Waals surface area contributed by atoms with Crippen LogP contribution in [0.4, 0.5) is 5.69 Å². The van der Waals surface area contributed by atoms with Crippen molar-refractivity contribution in [2.45, 2.75) is 59.5 Å². The van der Waals surface area contributed by atoms with E-state index in [1.165, 1.54) is 24.9 Å². The van der Waals surface area contributed by atoms with E-state index in [0.717, 1.165) is 17.0 Å². The molecule has 0 spiro atoms. The van der Waals surface area contributed by atoms with E-state index in [2.05, 4.69) is 30.2 Å². The lowest BCUT2D eigenvalue weighted by Gasteiger charge is -2.21. The molecule has 1 aliphatic carbocycles. The maximum Gasteiger partial charge on any atom is 0.0441 e. The van der Waals surface area contributed by atoms with Crippen LogP contribution in [-0.4, -0.2) is 11.0 Å². The molecule has 1 atom stereocenters. The molecule has 3 nitrogen and oxygen atoms in total. The number of nitrogens with one attached hydrogen (secondary N) is 1. The molecule has 3 heteroatoms. The number of hydrogen-bond acceptors (Lipinski definition) is 3. The fourth-order valence-corrected chi connectivity index (χ4v) is 3.02.